The summed E-state index contributed by atoms with van der Waals surface area (Å²) in [6.45, 7) is 0.0256. The third-order valence-corrected chi connectivity index (χ3v) is 4.86. The van der Waals surface area contributed by atoms with E-state index in [0.29, 0.717) is 24.0 Å². The van der Waals surface area contributed by atoms with Crippen molar-refractivity contribution in [2.75, 3.05) is 7.11 Å². The van der Waals surface area contributed by atoms with Crippen LogP contribution in [-0.4, -0.2) is 39.6 Å². The molecule has 1 aliphatic carbocycles. The zero-order valence-corrected chi connectivity index (χ0v) is 15.4. The summed E-state index contributed by atoms with van der Waals surface area (Å²) in [7, 11) is 1.44. The molecule has 8 nitrogen and oxygen atoms in total. The van der Waals surface area contributed by atoms with Gasteiger partial charge in [-0.2, -0.15) is 5.10 Å². The van der Waals surface area contributed by atoms with Crippen molar-refractivity contribution in [2.24, 2.45) is 5.73 Å². The Morgan fingerprint density at radius 3 is 2.52 bits per heavy atom. The first-order chi connectivity index (χ1) is 13.9. The molecule has 0 saturated carbocycles. The quantitative estimate of drug-likeness (QED) is 0.666. The molecule has 29 heavy (non-hydrogen) atoms. The Balaban J connectivity index is 1.63. The fourth-order valence-electron chi connectivity index (χ4n) is 3.63. The van der Waals surface area contributed by atoms with Gasteiger partial charge in [0.1, 0.15) is 17.0 Å². The van der Waals surface area contributed by atoms with Gasteiger partial charge in [0, 0.05) is 19.3 Å². The van der Waals surface area contributed by atoms with Gasteiger partial charge in [0.2, 0.25) is 0 Å². The molecule has 10 heteroatoms. The van der Waals surface area contributed by atoms with Gasteiger partial charge in [-0.1, -0.05) is 0 Å². The molecule has 150 valence electrons. The molecule has 0 atom stereocenters. The number of nitrogens with one attached hydrogen (secondary N) is 1. The first kappa shape index (κ1) is 18.9. The first-order valence-electron chi connectivity index (χ1n) is 8.82. The smallest absolute Gasteiger partial charge is 0.270 e. The van der Waals surface area contributed by atoms with Crippen LogP contribution in [-0.2, 0) is 24.2 Å². The Kier molecular flexibility index (Phi) is 4.71. The highest BCUT2D eigenvalue weighted by molar-refractivity contribution is 6.01. The molecule has 4 rings (SSSR count). The Labute approximate surface area is 163 Å². The van der Waals surface area contributed by atoms with E-state index in [1.165, 1.54) is 23.9 Å². The van der Waals surface area contributed by atoms with Crippen LogP contribution in [0.5, 0.6) is 0 Å². The lowest BCUT2D eigenvalue weighted by Crippen LogP contribution is -2.36. The van der Waals surface area contributed by atoms with Crippen molar-refractivity contribution >= 4 is 17.5 Å². The van der Waals surface area contributed by atoms with Crippen LogP contribution in [0, 0.1) is 11.6 Å². The van der Waals surface area contributed by atoms with Crippen molar-refractivity contribution in [1.29, 1.82) is 0 Å². The molecule has 0 saturated heterocycles. The molecular formula is C19H17F2N5O3. The van der Waals surface area contributed by atoms with E-state index in [2.05, 4.69) is 15.4 Å². The van der Waals surface area contributed by atoms with Gasteiger partial charge in [-0.3, -0.25) is 9.59 Å². The molecule has 0 fully saturated rings. The standard InChI is InChI=1S/C19H17F2N5O3/c1-29-8-14-16(17(22)27)18-23-3-2-15(26(18)25-14)19(28)24-11-4-9-6-12(20)13(21)7-10(9)5-11/h2-3,6-7,11H,4-5,8H2,1H3,(H2,22,27)(H,24,28). The lowest BCUT2D eigenvalue weighted by molar-refractivity contribution is 0.0929. The number of hydrogen-bond acceptors (Lipinski definition) is 5. The van der Waals surface area contributed by atoms with Gasteiger partial charge in [-0.25, -0.2) is 18.3 Å². The maximum absolute atomic E-state index is 13.4. The normalized spacial score (nSPS) is 13.6. The number of benzene rings is 1. The monoisotopic (exact) mass is 401 g/mol. The van der Waals surface area contributed by atoms with Gasteiger partial charge in [-0.05, 0) is 42.2 Å². The molecule has 3 aromatic rings. The van der Waals surface area contributed by atoms with Crippen molar-refractivity contribution < 1.29 is 23.1 Å². The molecule has 0 bridgehead atoms. The van der Waals surface area contributed by atoms with Crippen LogP contribution >= 0.6 is 0 Å². The fraction of sp³-hybridized carbons (Fsp3) is 0.263. The van der Waals surface area contributed by atoms with Crippen LogP contribution < -0.4 is 11.1 Å². The summed E-state index contributed by atoms with van der Waals surface area (Å²) in [6.07, 6.45) is 2.14. The first-order valence-corrected chi connectivity index (χ1v) is 8.82. The molecule has 0 radical (unpaired) electrons. The van der Waals surface area contributed by atoms with Crippen molar-refractivity contribution in [2.45, 2.75) is 25.5 Å². The van der Waals surface area contributed by atoms with E-state index in [1.54, 1.807) is 0 Å². The maximum atomic E-state index is 13.4. The number of ether oxygens (including phenoxy) is 1. The minimum absolute atomic E-state index is 0.0256. The Bertz CT molecular complexity index is 1110. The number of carbonyl (C=O) groups excluding carboxylic acids is 2. The fourth-order valence-corrected chi connectivity index (χ4v) is 3.63. The molecule has 2 amide bonds. The Hall–Kier alpha value is -3.40. The SMILES string of the molecule is COCc1nn2c(C(=O)NC3Cc4cc(F)c(F)cc4C3)ccnc2c1C(N)=O. The number of carbonyl (C=O) groups is 2. The van der Waals surface area contributed by atoms with Gasteiger partial charge in [-0.15, -0.1) is 0 Å². The number of primary amides is 1. The summed E-state index contributed by atoms with van der Waals surface area (Å²) in [6, 6.07) is 3.44. The number of halogens is 2. The van der Waals surface area contributed by atoms with Crippen LogP contribution in [0.2, 0.25) is 0 Å². The number of aromatic nitrogens is 3. The average molecular weight is 401 g/mol. The summed E-state index contributed by atoms with van der Waals surface area (Å²) in [5.74, 6) is -3.01. The second-order valence-electron chi connectivity index (χ2n) is 6.80. The number of hydrogen-bond donors (Lipinski definition) is 2. The second kappa shape index (κ2) is 7.21. The number of methoxy groups -OCH3 is 1. The number of fused-ring (bicyclic) bond motifs is 2. The minimum atomic E-state index is -0.909. The predicted octanol–water partition coefficient (Wildman–Crippen LogP) is 1.15. The maximum Gasteiger partial charge on any atom is 0.270 e. The molecular weight excluding hydrogens is 384 g/mol. The van der Waals surface area contributed by atoms with Crippen LogP contribution in [0.25, 0.3) is 5.65 Å². The van der Waals surface area contributed by atoms with Crippen LogP contribution in [0.1, 0.15) is 37.7 Å². The van der Waals surface area contributed by atoms with Crippen LogP contribution in [0.4, 0.5) is 8.78 Å². The third-order valence-electron chi connectivity index (χ3n) is 4.86. The molecule has 0 spiro atoms. The summed E-state index contributed by atoms with van der Waals surface area (Å²) in [5, 5.41) is 7.09. The van der Waals surface area contributed by atoms with Crippen molar-refractivity contribution in [1.82, 2.24) is 19.9 Å². The molecule has 2 heterocycles. The highest BCUT2D eigenvalue weighted by atomic mass is 19.2. The number of nitrogens with two attached hydrogens (primary N) is 1. The zero-order chi connectivity index (χ0) is 20.7. The Morgan fingerprint density at radius 1 is 1.28 bits per heavy atom. The second-order valence-corrected chi connectivity index (χ2v) is 6.80. The van der Waals surface area contributed by atoms with Gasteiger partial charge in [0.15, 0.2) is 17.3 Å². The Morgan fingerprint density at radius 2 is 1.93 bits per heavy atom. The summed E-state index contributed by atoms with van der Waals surface area (Å²) >= 11 is 0. The third kappa shape index (κ3) is 3.31. The molecule has 0 aliphatic heterocycles. The van der Waals surface area contributed by atoms with E-state index in [0.717, 1.165) is 12.1 Å². The van der Waals surface area contributed by atoms with E-state index < -0.39 is 23.4 Å². The molecule has 1 aromatic carbocycles. The molecule has 1 aliphatic rings. The van der Waals surface area contributed by atoms with Crippen molar-refractivity contribution in [3.8, 4) is 0 Å². The summed E-state index contributed by atoms with van der Waals surface area (Å²) in [4.78, 5) is 28.8. The van der Waals surface area contributed by atoms with E-state index in [4.69, 9.17) is 10.5 Å². The lowest BCUT2D eigenvalue weighted by atomic mass is 10.1. The molecule has 3 N–H and O–H groups in total. The molecule has 2 aromatic heterocycles. The van der Waals surface area contributed by atoms with E-state index in [9.17, 15) is 18.4 Å². The summed E-state index contributed by atoms with van der Waals surface area (Å²) < 4.78 is 33.2. The highest BCUT2D eigenvalue weighted by Crippen LogP contribution is 2.25. The number of amides is 2. The minimum Gasteiger partial charge on any atom is -0.378 e. The van der Waals surface area contributed by atoms with Gasteiger partial charge in [0.25, 0.3) is 11.8 Å². The largest absolute Gasteiger partial charge is 0.378 e. The predicted molar refractivity (Wildman–Crippen MR) is 97.2 cm³/mol. The van der Waals surface area contributed by atoms with Crippen LogP contribution in [0.3, 0.4) is 0 Å². The number of nitrogens with zero attached hydrogens (tertiary/aromatic N) is 3. The topological polar surface area (TPSA) is 112 Å². The van der Waals surface area contributed by atoms with Gasteiger partial charge < -0.3 is 15.8 Å². The van der Waals surface area contributed by atoms with E-state index in [-0.39, 0.29) is 35.2 Å². The zero-order valence-electron chi connectivity index (χ0n) is 15.4. The number of rotatable bonds is 5. The van der Waals surface area contributed by atoms with Crippen LogP contribution in [0.15, 0.2) is 24.4 Å². The van der Waals surface area contributed by atoms with Gasteiger partial charge >= 0.3 is 0 Å². The van der Waals surface area contributed by atoms with E-state index >= 15 is 0 Å². The summed E-state index contributed by atoms with van der Waals surface area (Å²) in [5.41, 5.74) is 7.40. The lowest BCUT2D eigenvalue weighted by Gasteiger charge is -2.12. The van der Waals surface area contributed by atoms with Crippen molar-refractivity contribution in [3.05, 3.63) is 64.1 Å². The average Bonchev–Trinajstić information content (AvgIpc) is 3.22. The van der Waals surface area contributed by atoms with Crippen molar-refractivity contribution in [3.63, 3.8) is 0 Å². The highest BCUT2D eigenvalue weighted by Gasteiger charge is 2.27. The van der Waals surface area contributed by atoms with Gasteiger partial charge in [0.05, 0.1) is 6.61 Å². The van der Waals surface area contributed by atoms with E-state index in [1.807, 2.05) is 0 Å². The molecule has 0 unspecified atom stereocenters.